The van der Waals surface area contributed by atoms with Gasteiger partial charge in [0.25, 0.3) is 0 Å². The zero-order chi connectivity index (χ0) is 16.0. The van der Waals surface area contributed by atoms with Gasteiger partial charge in [-0.1, -0.05) is 53.1 Å². The van der Waals surface area contributed by atoms with Gasteiger partial charge in [0.2, 0.25) is 0 Å². The standard InChI is InChI=1S/C17H30ClN3/c1-12(2)7-9-21(10-8-13(3)4)17-15(14(5)6)16(18)19-11-20-17/h11-14H,7-10H2,1-6H3. The van der Waals surface area contributed by atoms with Gasteiger partial charge >= 0.3 is 0 Å². The minimum absolute atomic E-state index is 0.328. The van der Waals surface area contributed by atoms with Crippen LogP contribution in [0.1, 0.15) is 65.9 Å². The predicted molar refractivity (Wildman–Crippen MR) is 92.3 cm³/mol. The Morgan fingerprint density at radius 2 is 1.48 bits per heavy atom. The van der Waals surface area contributed by atoms with Crippen molar-refractivity contribution < 1.29 is 0 Å². The molecule has 0 unspecified atom stereocenters. The van der Waals surface area contributed by atoms with Crippen molar-refractivity contribution in [2.75, 3.05) is 18.0 Å². The summed E-state index contributed by atoms with van der Waals surface area (Å²) in [4.78, 5) is 11.1. The molecule has 0 saturated heterocycles. The Morgan fingerprint density at radius 1 is 0.952 bits per heavy atom. The van der Waals surface area contributed by atoms with Crippen LogP contribution in [0.15, 0.2) is 6.33 Å². The molecule has 0 aliphatic carbocycles. The van der Waals surface area contributed by atoms with Crippen LogP contribution in [-0.2, 0) is 0 Å². The summed E-state index contributed by atoms with van der Waals surface area (Å²) in [5.74, 6) is 2.72. The van der Waals surface area contributed by atoms with Crippen molar-refractivity contribution in [1.29, 1.82) is 0 Å². The summed E-state index contributed by atoms with van der Waals surface area (Å²) in [6.45, 7) is 15.4. The highest BCUT2D eigenvalue weighted by Gasteiger charge is 2.19. The van der Waals surface area contributed by atoms with E-state index in [1.54, 1.807) is 6.33 Å². The van der Waals surface area contributed by atoms with Crippen molar-refractivity contribution >= 4 is 17.4 Å². The van der Waals surface area contributed by atoms with Crippen molar-refractivity contribution in [3.8, 4) is 0 Å². The molecule has 0 saturated carbocycles. The summed E-state index contributed by atoms with van der Waals surface area (Å²) in [5.41, 5.74) is 1.08. The molecule has 0 bridgehead atoms. The molecule has 0 spiro atoms. The number of halogens is 1. The summed E-state index contributed by atoms with van der Waals surface area (Å²) in [5, 5.41) is 0.592. The molecule has 0 atom stereocenters. The largest absolute Gasteiger partial charge is 0.356 e. The van der Waals surface area contributed by atoms with Crippen molar-refractivity contribution in [2.24, 2.45) is 11.8 Å². The first-order valence-electron chi connectivity index (χ1n) is 8.08. The number of aromatic nitrogens is 2. The Bertz CT molecular complexity index is 418. The van der Waals surface area contributed by atoms with Gasteiger partial charge in [-0.3, -0.25) is 0 Å². The number of rotatable bonds is 8. The fraction of sp³-hybridized carbons (Fsp3) is 0.765. The quantitative estimate of drug-likeness (QED) is 0.621. The maximum absolute atomic E-state index is 6.32. The van der Waals surface area contributed by atoms with Gasteiger partial charge in [0.05, 0.1) is 0 Å². The molecule has 1 aromatic rings. The lowest BCUT2D eigenvalue weighted by molar-refractivity contribution is 0.531. The highest BCUT2D eigenvalue weighted by atomic mass is 35.5. The third-order valence-corrected chi connectivity index (χ3v) is 3.95. The first-order chi connectivity index (χ1) is 9.82. The molecule has 1 rings (SSSR count). The molecule has 0 aromatic carbocycles. The highest BCUT2D eigenvalue weighted by molar-refractivity contribution is 6.30. The predicted octanol–water partition coefficient (Wildman–Crippen LogP) is 5.15. The SMILES string of the molecule is CC(C)CCN(CCC(C)C)c1ncnc(Cl)c1C(C)C. The van der Waals surface area contributed by atoms with E-state index in [-0.39, 0.29) is 0 Å². The number of hydrogen-bond donors (Lipinski definition) is 0. The van der Waals surface area contributed by atoms with Gasteiger partial charge in [0.15, 0.2) is 0 Å². The Hall–Kier alpha value is -0.830. The van der Waals surface area contributed by atoms with Crippen molar-refractivity contribution in [2.45, 2.75) is 60.3 Å². The molecule has 1 aromatic heterocycles. The van der Waals surface area contributed by atoms with E-state index in [1.807, 2.05) is 0 Å². The average molecular weight is 312 g/mol. The number of anilines is 1. The number of nitrogens with zero attached hydrogens (tertiary/aromatic N) is 3. The molecule has 1 heterocycles. The fourth-order valence-corrected chi connectivity index (χ4v) is 2.61. The van der Waals surface area contributed by atoms with Gasteiger partial charge in [0.1, 0.15) is 17.3 Å². The van der Waals surface area contributed by atoms with Crippen LogP contribution < -0.4 is 4.90 Å². The minimum atomic E-state index is 0.328. The topological polar surface area (TPSA) is 29.0 Å². The van der Waals surface area contributed by atoms with Crippen LogP contribution in [0.5, 0.6) is 0 Å². The van der Waals surface area contributed by atoms with Gasteiger partial charge in [0, 0.05) is 18.7 Å². The second-order valence-electron chi connectivity index (χ2n) is 6.91. The molecule has 0 N–H and O–H groups in total. The van der Waals surface area contributed by atoms with E-state index in [1.165, 1.54) is 0 Å². The van der Waals surface area contributed by atoms with Crippen molar-refractivity contribution in [3.05, 3.63) is 17.0 Å². The first-order valence-corrected chi connectivity index (χ1v) is 8.46. The molecule has 21 heavy (non-hydrogen) atoms. The van der Waals surface area contributed by atoms with Crippen LogP contribution in [0, 0.1) is 11.8 Å². The van der Waals surface area contributed by atoms with E-state index >= 15 is 0 Å². The minimum Gasteiger partial charge on any atom is -0.356 e. The van der Waals surface area contributed by atoms with Gasteiger partial charge in [-0.2, -0.15) is 0 Å². The molecule has 0 fully saturated rings. The zero-order valence-electron chi connectivity index (χ0n) is 14.4. The Balaban J connectivity index is 3.03. The van der Waals surface area contributed by atoms with Gasteiger partial charge in [-0.25, -0.2) is 9.97 Å². The summed E-state index contributed by atoms with van der Waals surface area (Å²) in [6.07, 6.45) is 3.91. The lowest BCUT2D eigenvalue weighted by Crippen LogP contribution is -2.29. The van der Waals surface area contributed by atoms with Crippen molar-refractivity contribution in [1.82, 2.24) is 9.97 Å². The monoisotopic (exact) mass is 311 g/mol. The van der Waals surface area contributed by atoms with Crippen LogP contribution in [-0.4, -0.2) is 23.1 Å². The molecule has 120 valence electrons. The lowest BCUT2D eigenvalue weighted by Gasteiger charge is -2.28. The summed E-state index contributed by atoms with van der Waals surface area (Å²) >= 11 is 6.32. The second-order valence-corrected chi connectivity index (χ2v) is 7.27. The highest BCUT2D eigenvalue weighted by Crippen LogP contribution is 2.31. The fourth-order valence-electron chi connectivity index (χ4n) is 2.27. The normalized spacial score (nSPS) is 11.7. The summed E-state index contributed by atoms with van der Waals surface area (Å²) in [7, 11) is 0. The van der Waals surface area contributed by atoms with Crippen LogP contribution >= 0.6 is 11.6 Å². The molecule has 3 nitrogen and oxygen atoms in total. The zero-order valence-corrected chi connectivity index (χ0v) is 15.1. The van der Waals surface area contributed by atoms with E-state index in [9.17, 15) is 0 Å². The maximum atomic E-state index is 6.32. The van der Waals surface area contributed by atoms with Gasteiger partial charge in [-0.15, -0.1) is 0 Å². The first kappa shape index (κ1) is 18.2. The Kier molecular flexibility index (Phi) is 7.44. The lowest BCUT2D eigenvalue weighted by atomic mass is 10.0. The van der Waals surface area contributed by atoms with Crippen LogP contribution in [0.4, 0.5) is 5.82 Å². The Labute approximate surface area is 135 Å². The van der Waals surface area contributed by atoms with E-state index in [2.05, 4.69) is 56.4 Å². The smallest absolute Gasteiger partial charge is 0.138 e. The third kappa shape index (κ3) is 5.82. The second kappa shape index (κ2) is 8.57. The molecular weight excluding hydrogens is 282 g/mol. The van der Waals surface area contributed by atoms with Gasteiger partial charge in [-0.05, 0) is 30.6 Å². The van der Waals surface area contributed by atoms with Crippen molar-refractivity contribution in [3.63, 3.8) is 0 Å². The van der Waals surface area contributed by atoms with E-state index in [0.29, 0.717) is 22.9 Å². The molecular formula is C17H30ClN3. The molecule has 0 radical (unpaired) electrons. The molecule has 0 amide bonds. The van der Waals surface area contributed by atoms with E-state index in [0.717, 1.165) is 37.3 Å². The summed E-state index contributed by atoms with van der Waals surface area (Å²) < 4.78 is 0. The average Bonchev–Trinajstić information content (AvgIpc) is 2.37. The molecule has 4 heteroatoms. The van der Waals surface area contributed by atoms with Crippen LogP contribution in [0.2, 0.25) is 5.15 Å². The maximum Gasteiger partial charge on any atom is 0.138 e. The molecule has 0 aliphatic rings. The third-order valence-electron chi connectivity index (χ3n) is 3.64. The summed E-state index contributed by atoms with van der Waals surface area (Å²) in [6, 6.07) is 0. The Morgan fingerprint density at radius 3 is 1.90 bits per heavy atom. The van der Waals surface area contributed by atoms with Crippen LogP contribution in [0.3, 0.4) is 0 Å². The molecule has 0 aliphatic heterocycles. The van der Waals surface area contributed by atoms with E-state index < -0.39 is 0 Å². The van der Waals surface area contributed by atoms with Crippen LogP contribution in [0.25, 0.3) is 0 Å². The number of hydrogen-bond acceptors (Lipinski definition) is 3. The van der Waals surface area contributed by atoms with Gasteiger partial charge < -0.3 is 4.90 Å². The van der Waals surface area contributed by atoms with E-state index in [4.69, 9.17) is 11.6 Å².